The molecule has 3 aliphatic carbocycles. The van der Waals surface area contributed by atoms with Crippen molar-refractivity contribution in [2.75, 3.05) is 17.8 Å². The molecular formula is C16H18N2O3. The Morgan fingerprint density at radius 1 is 1.14 bits per heavy atom. The lowest BCUT2D eigenvalue weighted by Crippen LogP contribution is -2.19. The second-order valence-electron chi connectivity index (χ2n) is 6.80. The van der Waals surface area contributed by atoms with Gasteiger partial charge in [0.05, 0.1) is 11.4 Å². The number of nitrogens with one attached hydrogen (secondary N) is 1. The number of nitrogen functional groups attached to an aromatic ring is 1. The Morgan fingerprint density at radius 3 is 2.52 bits per heavy atom. The second-order valence-corrected chi connectivity index (χ2v) is 6.80. The molecule has 0 radical (unpaired) electrons. The van der Waals surface area contributed by atoms with Gasteiger partial charge in [0.15, 0.2) is 11.5 Å². The van der Waals surface area contributed by atoms with Gasteiger partial charge in [-0.25, -0.2) is 0 Å². The topological polar surface area (TPSA) is 73.6 Å². The van der Waals surface area contributed by atoms with Crippen molar-refractivity contribution in [1.82, 2.24) is 0 Å². The Balaban J connectivity index is 1.36. The number of hydrogen-bond acceptors (Lipinski definition) is 4. The van der Waals surface area contributed by atoms with E-state index in [-0.39, 0.29) is 18.6 Å². The molecular weight excluding hydrogens is 268 g/mol. The summed E-state index contributed by atoms with van der Waals surface area (Å²) in [5.74, 6) is 4.50. The number of rotatable bonds is 2. The standard InChI is InChI=1S/C16H18N2O3/c17-9-4-11-12(21-6-20-11)5-10(9)18-16(19)15-13-7-1-2-8(3-7)14(13)15/h4-5,7-8,13-15H,1-3,6,17H2,(H,18,19). The first kappa shape index (κ1) is 11.7. The van der Waals surface area contributed by atoms with Gasteiger partial charge in [-0.15, -0.1) is 0 Å². The SMILES string of the molecule is Nc1cc2c(cc1NC(=O)C1C3C4CCC(C4)C13)OCO2. The molecule has 4 aliphatic rings. The normalized spacial score (nSPS) is 37.4. The third-order valence-corrected chi connectivity index (χ3v) is 5.84. The van der Waals surface area contributed by atoms with Crippen molar-refractivity contribution in [2.24, 2.45) is 29.6 Å². The number of carbonyl (C=O) groups is 1. The van der Waals surface area contributed by atoms with Crippen LogP contribution in [0.2, 0.25) is 0 Å². The van der Waals surface area contributed by atoms with E-state index in [2.05, 4.69) is 5.32 Å². The third-order valence-electron chi connectivity index (χ3n) is 5.84. The summed E-state index contributed by atoms with van der Waals surface area (Å²) in [6.07, 6.45) is 3.99. The van der Waals surface area contributed by atoms with E-state index in [4.69, 9.17) is 15.2 Å². The number of anilines is 2. The Bertz CT molecular complexity index is 629. The fraction of sp³-hybridized carbons (Fsp3) is 0.562. The van der Waals surface area contributed by atoms with Crippen molar-refractivity contribution in [3.05, 3.63) is 12.1 Å². The summed E-state index contributed by atoms with van der Waals surface area (Å²) < 4.78 is 10.6. The van der Waals surface area contributed by atoms with Crippen LogP contribution < -0.4 is 20.5 Å². The molecule has 4 unspecified atom stereocenters. The molecule has 1 aromatic rings. The monoisotopic (exact) mass is 286 g/mol. The minimum absolute atomic E-state index is 0.132. The van der Waals surface area contributed by atoms with Gasteiger partial charge in [0.2, 0.25) is 12.7 Å². The molecule has 5 rings (SSSR count). The van der Waals surface area contributed by atoms with Gasteiger partial charge in [0.25, 0.3) is 0 Å². The molecule has 3 N–H and O–H groups in total. The van der Waals surface area contributed by atoms with Crippen LogP contribution in [0.4, 0.5) is 11.4 Å². The highest BCUT2D eigenvalue weighted by atomic mass is 16.7. The highest BCUT2D eigenvalue weighted by Crippen LogP contribution is 2.69. The van der Waals surface area contributed by atoms with Gasteiger partial charge >= 0.3 is 0 Å². The molecule has 0 aromatic heterocycles. The second kappa shape index (κ2) is 3.84. The van der Waals surface area contributed by atoms with Crippen molar-refractivity contribution in [2.45, 2.75) is 19.3 Å². The zero-order valence-electron chi connectivity index (χ0n) is 11.7. The average Bonchev–Trinajstić information content (AvgIpc) is 2.81. The maximum absolute atomic E-state index is 12.5. The van der Waals surface area contributed by atoms with Gasteiger partial charge in [0, 0.05) is 18.1 Å². The van der Waals surface area contributed by atoms with Gasteiger partial charge < -0.3 is 20.5 Å². The summed E-state index contributed by atoms with van der Waals surface area (Å²) in [7, 11) is 0. The van der Waals surface area contributed by atoms with Gasteiger partial charge in [-0.3, -0.25) is 4.79 Å². The molecule has 2 bridgehead atoms. The van der Waals surface area contributed by atoms with Gasteiger partial charge in [-0.1, -0.05) is 0 Å². The first-order valence-electron chi connectivity index (χ1n) is 7.72. The van der Waals surface area contributed by atoms with E-state index in [9.17, 15) is 4.79 Å². The van der Waals surface area contributed by atoms with Crippen LogP contribution in [0.5, 0.6) is 11.5 Å². The van der Waals surface area contributed by atoms with Crippen LogP contribution in [0, 0.1) is 29.6 Å². The number of carbonyl (C=O) groups excluding carboxylic acids is 1. The van der Waals surface area contributed by atoms with Crippen LogP contribution >= 0.6 is 0 Å². The Hall–Kier alpha value is -1.91. The molecule has 1 heterocycles. The van der Waals surface area contributed by atoms with Crippen LogP contribution in [0.3, 0.4) is 0 Å². The molecule has 5 nitrogen and oxygen atoms in total. The fourth-order valence-electron chi connectivity index (χ4n) is 4.96. The van der Waals surface area contributed by atoms with Gasteiger partial charge in [-0.05, 0) is 42.9 Å². The first-order valence-corrected chi connectivity index (χ1v) is 7.72. The van der Waals surface area contributed by atoms with E-state index >= 15 is 0 Å². The predicted molar refractivity (Wildman–Crippen MR) is 76.9 cm³/mol. The van der Waals surface area contributed by atoms with Crippen LogP contribution in [0.25, 0.3) is 0 Å². The van der Waals surface area contributed by atoms with Crippen molar-refractivity contribution >= 4 is 17.3 Å². The number of fused-ring (bicyclic) bond motifs is 6. The summed E-state index contributed by atoms with van der Waals surface area (Å²) in [6, 6.07) is 3.48. The maximum Gasteiger partial charge on any atom is 0.231 e. The molecule has 3 fully saturated rings. The summed E-state index contributed by atoms with van der Waals surface area (Å²) >= 11 is 0. The lowest BCUT2D eigenvalue weighted by molar-refractivity contribution is -0.118. The van der Waals surface area contributed by atoms with Crippen molar-refractivity contribution in [3.8, 4) is 11.5 Å². The van der Waals surface area contributed by atoms with E-state index < -0.39 is 0 Å². The Labute approximate surface area is 122 Å². The highest BCUT2D eigenvalue weighted by Gasteiger charge is 2.67. The molecule has 1 aliphatic heterocycles. The van der Waals surface area contributed by atoms with Gasteiger partial charge in [-0.2, -0.15) is 0 Å². The summed E-state index contributed by atoms with van der Waals surface area (Å²) in [4.78, 5) is 12.5. The molecule has 5 heteroatoms. The molecule has 1 aromatic carbocycles. The molecule has 4 atom stereocenters. The molecule has 0 saturated heterocycles. The van der Waals surface area contributed by atoms with Crippen LogP contribution in [0.1, 0.15) is 19.3 Å². The summed E-state index contributed by atoms with van der Waals surface area (Å²) in [5.41, 5.74) is 7.16. The summed E-state index contributed by atoms with van der Waals surface area (Å²) in [5, 5.41) is 3.00. The number of nitrogens with two attached hydrogens (primary N) is 1. The van der Waals surface area contributed by atoms with Crippen LogP contribution in [0.15, 0.2) is 12.1 Å². The van der Waals surface area contributed by atoms with E-state index in [0.29, 0.717) is 34.7 Å². The Morgan fingerprint density at radius 2 is 1.81 bits per heavy atom. The first-order chi connectivity index (χ1) is 10.2. The van der Waals surface area contributed by atoms with Gasteiger partial charge in [0.1, 0.15) is 0 Å². The van der Waals surface area contributed by atoms with E-state index in [1.807, 2.05) is 0 Å². The minimum Gasteiger partial charge on any atom is -0.454 e. The predicted octanol–water partition coefficient (Wildman–Crippen LogP) is 2.23. The van der Waals surface area contributed by atoms with E-state index in [1.165, 1.54) is 19.3 Å². The lowest BCUT2D eigenvalue weighted by Gasteiger charge is -2.12. The van der Waals surface area contributed by atoms with Crippen molar-refractivity contribution in [3.63, 3.8) is 0 Å². The lowest BCUT2D eigenvalue weighted by atomic mass is 10.0. The number of amides is 1. The number of ether oxygens (including phenoxy) is 2. The quantitative estimate of drug-likeness (QED) is 0.818. The van der Waals surface area contributed by atoms with Crippen LogP contribution in [-0.2, 0) is 4.79 Å². The number of benzene rings is 1. The zero-order chi connectivity index (χ0) is 14.1. The molecule has 0 spiro atoms. The van der Waals surface area contributed by atoms with Crippen LogP contribution in [-0.4, -0.2) is 12.7 Å². The highest BCUT2D eigenvalue weighted by molar-refractivity contribution is 5.98. The van der Waals surface area contributed by atoms with Crippen molar-refractivity contribution < 1.29 is 14.3 Å². The smallest absolute Gasteiger partial charge is 0.231 e. The third kappa shape index (κ3) is 1.54. The summed E-state index contributed by atoms with van der Waals surface area (Å²) in [6.45, 7) is 0.211. The van der Waals surface area contributed by atoms with E-state index in [1.54, 1.807) is 12.1 Å². The number of hydrogen-bond donors (Lipinski definition) is 2. The van der Waals surface area contributed by atoms with E-state index in [0.717, 1.165) is 11.8 Å². The fourth-order valence-corrected chi connectivity index (χ4v) is 4.96. The maximum atomic E-state index is 12.5. The zero-order valence-corrected chi connectivity index (χ0v) is 11.7. The molecule has 21 heavy (non-hydrogen) atoms. The van der Waals surface area contributed by atoms with Crippen molar-refractivity contribution in [1.29, 1.82) is 0 Å². The average molecular weight is 286 g/mol. The molecule has 1 amide bonds. The largest absolute Gasteiger partial charge is 0.454 e. The molecule has 3 saturated carbocycles. The minimum atomic E-state index is 0.132. The molecule has 110 valence electrons. The Kier molecular flexibility index (Phi) is 2.14.